The number of aliphatic hydroxyl groups is 2. The van der Waals surface area contributed by atoms with Gasteiger partial charge in [0.1, 0.15) is 24.4 Å². The molecule has 0 radical (unpaired) electrons. The Bertz CT molecular complexity index is 1420. The number of nitrogens with zero attached hydrogens (tertiary/aromatic N) is 4. The second-order valence-electron chi connectivity index (χ2n) is 9.79. The molecule has 1 aromatic carbocycles. The molecule has 1 saturated heterocycles. The van der Waals surface area contributed by atoms with Gasteiger partial charge in [0.25, 0.3) is 0 Å². The molecular formula is C25H35N6O9P. The second-order valence-corrected chi connectivity index (χ2v) is 11.6. The molecule has 0 bridgehead atoms. The third-order valence-corrected chi connectivity index (χ3v) is 7.99. The van der Waals surface area contributed by atoms with Gasteiger partial charge < -0.3 is 30.2 Å². The number of imidazole rings is 1. The van der Waals surface area contributed by atoms with Gasteiger partial charge in [0.05, 0.1) is 32.8 Å². The van der Waals surface area contributed by atoms with Crippen LogP contribution in [0.1, 0.15) is 38.1 Å². The summed E-state index contributed by atoms with van der Waals surface area (Å²) in [4.78, 5) is 24.8. The first-order valence-electron chi connectivity index (χ1n) is 12.9. The standard InChI is InChI=1S/C25H35N6O9P/c1-13(2)39-24(34)15(4)30-41(35,37-10-16-9-7-6-8-14(16)3)38-11-17-19(32)20(33)23(40-17)31-12-27-18-21(31)28-25(26)29-22(18)36-5/h6-9,12-13,15,17,19-20,23,32-33H,10-11H2,1-5H3,(H,30,35)(H2,26,28,29)/t15-,17+,19+,20-,23+,41+/m0/s1. The maximum atomic E-state index is 13.8. The van der Waals surface area contributed by atoms with Crippen LogP contribution in [0, 0.1) is 6.92 Å². The topological polar surface area (TPSA) is 202 Å². The quantitative estimate of drug-likeness (QED) is 0.174. The number of carbonyl (C=O) groups is 1. The minimum Gasteiger partial charge on any atom is -0.479 e. The molecule has 1 aliphatic heterocycles. The van der Waals surface area contributed by atoms with Gasteiger partial charge in [0.2, 0.25) is 11.8 Å². The van der Waals surface area contributed by atoms with E-state index in [1.807, 2.05) is 31.2 Å². The van der Waals surface area contributed by atoms with Crippen LogP contribution in [-0.4, -0.2) is 79.9 Å². The summed E-state index contributed by atoms with van der Waals surface area (Å²) in [5, 5.41) is 24.2. The Morgan fingerprint density at radius 3 is 2.61 bits per heavy atom. The van der Waals surface area contributed by atoms with Crippen molar-refractivity contribution >= 4 is 30.8 Å². The number of aromatic nitrogens is 4. The van der Waals surface area contributed by atoms with Crippen LogP contribution in [0.4, 0.5) is 5.95 Å². The SMILES string of the molecule is COc1nc(N)nc2c1ncn2[C@@H]1O[C@H](CO[P@@](=O)(N[C@@H](C)C(=O)OC(C)C)OCc2ccccc2C)[C@@H](O)[C@@H]1O. The molecule has 41 heavy (non-hydrogen) atoms. The molecule has 224 valence electrons. The molecule has 0 spiro atoms. The van der Waals surface area contributed by atoms with E-state index in [0.717, 1.165) is 11.1 Å². The molecule has 1 aliphatic rings. The van der Waals surface area contributed by atoms with Gasteiger partial charge in [-0.15, -0.1) is 0 Å². The van der Waals surface area contributed by atoms with E-state index >= 15 is 0 Å². The van der Waals surface area contributed by atoms with Crippen LogP contribution >= 0.6 is 7.75 Å². The van der Waals surface area contributed by atoms with Crippen LogP contribution in [0.5, 0.6) is 5.88 Å². The van der Waals surface area contributed by atoms with Crippen molar-refractivity contribution in [1.29, 1.82) is 0 Å². The van der Waals surface area contributed by atoms with Crippen molar-refractivity contribution in [3.63, 3.8) is 0 Å². The first-order valence-corrected chi connectivity index (χ1v) is 14.4. The Kier molecular flexibility index (Phi) is 9.59. The molecule has 3 heterocycles. The number of rotatable bonds is 12. The van der Waals surface area contributed by atoms with Gasteiger partial charge in [-0.3, -0.25) is 18.4 Å². The lowest BCUT2D eigenvalue weighted by atomic mass is 10.1. The minimum absolute atomic E-state index is 0.0908. The van der Waals surface area contributed by atoms with Gasteiger partial charge in [-0.2, -0.15) is 9.97 Å². The molecule has 6 atom stereocenters. The predicted octanol–water partition coefficient (Wildman–Crippen LogP) is 1.62. The van der Waals surface area contributed by atoms with Crippen LogP contribution < -0.4 is 15.6 Å². The highest BCUT2D eigenvalue weighted by atomic mass is 31.2. The maximum Gasteiger partial charge on any atom is 0.406 e. The summed E-state index contributed by atoms with van der Waals surface area (Å²) < 4.78 is 42.8. The van der Waals surface area contributed by atoms with Crippen LogP contribution in [0.2, 0.25) is 0 Å². The van der Waals surface area contributed by atoms with Crippen LogP contribution in [0.15, 0.2) is 30.6 Å². The number of esters is 1. The van der Waals surface area contributed by atoms with E-state index in [0.29, 0.717) is 0 Å². The Morgan fingerprint density at radius 2 is 1.93 bits per heavy atom. The van der Waals surface area contributed by atoms with Crippen molar-refractivity contribution in [2.24, 2.45) is 0 Å². The number of benzene rings is 1. The summed E-state index contributed by atoms with van der Waals surface area (Å²) in [5.41, 5.74) is 7.92. The van der Waals surface area contributed by atoms with Gasteiger partial charge in [-0.05, 0) is 38.8 Å². The van der Waals surface area contributed by atoms with E-state index in [-0.39, 0.29) is 35.7 Å². The first-order chi connectivity index (χ1) is 19.4. The van der Waals surface area contributed by atoms with Crippen LogP contribution in [0.3, 0.4) is 0 Å². The highest BCUT2D eigenvalue weighted by molar-refractivity contribution is 7.51. The summed E-state index contributed by atoms with van der Waals surface area (Å²) >= 11 is 0. The molecule has 2 aromatic heterocycles. The average Bonchev–Trinajstić information content (AvgIpc) is 3.46. The lowest BCUT2D eigenvalue weighted by molar-refractivity contribution is -0.149. The third kappa shape index (κ3) is 7.01. The third-order valence-electron chi connectivity index (χ3n) is 6.33. The normalized spacial score (nSPS) is 23.0. The van der Waals surface area contributed by atoms with Gasteiger partial charge >= 0.3 is 13.7 Å². The number of nitrogens with one attached hydrogen (secondary N) is 1. The van der Waals surface area contributed by atoms with E-state index in [1.54, 1.807) is 13.8 Å². The second kappa shape index (κ2) is 12.8. The number of anilines is 1. The van der Waals surface area contributed by atoms with E-state index in [9.17, 15) is 19.6 Å². The van der Waals surface area contributed by atoms with Crippen LogP contribution in [-0.2, 0) is 34.5 Å². The molecule has 0 amide bonds. The molecule has 4 rings (SSSR count). The van der Waals surface area contributed by atoms with Crippen molar-refractivity contribution in [1.82, 2.24) is 24.6 Å². The fraction of sp³-hybridized carbons (Fsp3) is 0.520. The Hall–Kier alpha value is -3.17. The van der Waals surface area contributed by atoms with Gasteiger partial charge in [0.15, 0.2) is 17.4 Å². The summed E-state index contributed by atoms with van der Waals surface area (Å²) in [6.45, 7) is 6.16. The number of nitrogens with two attached hydrogens (primary N) is 1. The smallest absolute Gasteiger partial charge is 0.406 e. The molecule has 0 unspecified atom stereocenters. The fourth-order valence-corrected chi connectivity index (χ4v) is 5.62. The molecule has 0 saturated carbocycles. The number of fused-ring (bicyclic) bond motifs is 1. The number of aryl methyl sites for hydroxylation is 1. The predicted molar refractivity (Wildman–Crippen MR) is 146 cm³/mol. The van der Waals surface area contributed by atoms with Crippen molar-refractivity contribution in [2.45, 2.75) is 71.0 Å². The minimum atomic E-state index is -4.19. The first kappa shape index (κ1) is 30.8. The molecule has 1 fully saturated rings. The molecule has 3 aromatic rings. The Labute approximate surface area is 236 Å². The zero-order valence-electron chi connectivity index (χ0n) is 23.3. The average molecular weight is 595 g/mol. The highest BCUT2D eigenvalue weighted by Gasteiger charge is 2.46. The Morgan fingerprint density at radius 1 is 1.20 bits per heavy atom. The molecule has 5 N–H and O–H groups in total. The number of ether oxygens (including phenoxy) is 3. The number of carbonyl (C=O) groups excluding carboxylic acids is 1. The number of aliphatic hydroxyl groups excluding tert-OH is 2. The van der Waals surface area contributed by atoms with Gasteiger partial charge in [-0.25, -0.2) is 14.6 Å². The summed E-state index contributed by atoms with van der Waals surface area (Å²) in [5.74, 6) is -0.617. The zero-order chi connectivity index (χ0) is 29.9. The number of hydrogen-bond acceptors (Lipinski definition) is 13. The summed E-state index contributed by atoms with van der Waals surface area (Å²) in [7, 11) is -2.79. The molecule has 15 nitrogen and oxygen atoms in total. The zero-order valence-corrected chi connectivity index (χ0v) is 24.2. The van der Waals surface area contributed by atoms with Crippen molar-refractivity contribution in [2.75, 3.05) is 19.5 Å². The van der Waals surface area contributed by atoms with Crippen molar-refractivity contribution in [3.8, 4) is 5.88 Å². The van der Waals surface area contributed by atoms with E-state index < -0.39 is 50.9 Å². The summed E-state index contributed by atoms with van der Waals surface area (Å²) in [6.07, 6.45) is -4.24. The fourth-order valence-electron chi connectivity index (χ4n) is 4.17. The largest absolute Gasteiger partial charge is 0.479 e. The summed E-state index contributed by atoms with van der Waals surface area (Å²) in [6, 6.07) is 6.30. The number of methoxy groups -OCH3 is 1. The Balaban J connectivity index is 1.51. The number of nitrogen functional groups attached to an aromatic ring is 1. The van der Waals surface area contributed by atoms with Crippen molar-refractivity contribution in [3.05, 3.63) is 41.7 Å². The monoisotopic (exact) mass is 594 g/mol. The maximum absolute atomic E-state index is 13.8. The van der Waals surface area contributed by atoms with Gasteiger partial charge in [-0.1, -0.05) is 24.3 Å². The molecule has 0 aliphatic carbocycles. The lowest BCUT2D eigenvalue weighted by Gasteiger charge is -2.25. The lowest BCUT2D eigenvalue weighted by Crippen LogP contribution is -2.37. The van der Waals surface area contributed by atoms with E-state index in [1.165, 1.54) is 24.9 Å². The van der Waals surface area contributed by atoms with E-state index in [2.05, 4.69) is 20.0 Å². The van der Waals surface area contributed by atoms with Gasteiger partial charge in [0, 0.05) is 0 Å². The molecular weight excluding hydrogens is 559 g/mol. The highest BCUT2D eigenvalue weighted by Crippen LogP contribution is 2.46. The van der Waals surface area contributed by atoms with E-state index in [4.69, 9.17) is 29.0 Å². The number of hydrogen-bond donors (Lipinski definition) is 4. The van der Waals surface area contributed by atoms with Crippen LogP contribution in [0.25, 0.3) is 11.2 Å². The molecule has 16 heteroatoms. The van der Waals surface area contributed by atoms with Crippen molar-refractivity contribution < 1.29 is 42.8 Å².